The zero-order valence-corrected chi connectivity index (χ0v) is 15.1. The van der Waals surface area contributed by atoms with Crippen LogP contribution in [0.5, 0.6) is 0 Å². The maximum atomic E-state index is 12.3. The van der Waals surface area contributed by atoms with Gasteiger partial charge in [0.25, 0.3) is 0 Å². The fourth-order valence-corrected chi connectivity index (χ4v) is 3.29. The quantitative estimate of drug-likeness (QED) is 0.683. The average molecular weight is 357 g/mol. The number of hydrogen-bond acceptors (Lipinski definition) is 6. The molecular weight excluding hydrogens is 338 g/mol. The lowest BCUT2D eigenvalue weighted by Crippen LogP contribution is -2.30. The predicted octanol–water partition coefficient (Wildman–Crippen LogP) is 2.67. The third-order valence-corrected chi connectivity index (χ3v) is 4.79. The van der Waals surface area contributed by atoms with Gasteiger partial charge in [0.1, 0.15) is 5.76 Å². The number of rotatable bonds is 6. The van der Waals surface area contributed by atoms with E-state index in [-0.39, 0.29) is 11.2 Å². The van der Waals surface area contributed by atoms with Crippen molar-refractivity contribution in [2.45, 2.75) is 37.7 Å². The van der Waals surface area contributed by atoms with Crippen LogP contribution >= 0.6 is 11.8 Å². The van der Waals surface area contributed by atoms with Gasteiger partial charge in [-0.1, -0.05) is 30.0 Å². The maximum absolute atomic E-state index is 12.3. The van der Waals surface area contributed by atoms with Gasteiger partial charge in [-0.25, -0.2) is 0 Å². The second-order valence-corrected chi connectivity index (χ2v) is 6.98. The van der Waals surface area contributed by atoms with Crippen molar-refractivity contribution in [3.8, 4) is 5.69 Å². The Labute approximate surface area is 149 Å². The number of nitrogens with one attached hydrogen (secondary N) is 1. The first-order chi connectivity index (χ1) is 12.1. The molecule has 0 aliphatic rings. The Balaban J connectivity index is 1.71. The number of thioether (sulfide) groups is 1. The van der Waals surface area contributed by atoms with Gasteiger partial charge in [-0.05, 0) is 54.5 Å². The zero-order chi connectivity index (χ0) is 17.8. The van der Waals surface area contributed by atoms with E-state index in [1.54, 1.807) is 17.0 Å². The van der Waals surface area contributed by atoms with Crippen molar-refractivity contribution in [2.24, 2.45) is 0 Å². The number of hydrogen-bond donors (Lipinski definition) is 1. The van der Waals surface area contributed by atoms with Crippen molar-refractivity contribution in [3.05, 3.63) is 53.5 Å². The fraction of sp³-hybridized carbons (Fsp3) is 0.294. The molecule has 0 bridgehead atoms. The van der Waals surface area contributed by atoms with Crippen LogP contribution in [0, 0.1) is 13.8 Å². The van der Waals surface area contributed by atoms with E-state index in [0.717, 1.165) is 16.8 Å². The summed E-state index contributed by atoms with van der Waals surface area (Å²) in [7, 11) is 0. The Morgan fingerprint density at radius 3 is 2.72 bits per heavy atom. The van der Waals surface area contributed by atoms with E-state index in [2.05, 4.69) is 20.8 Å². The molecular formula is C17H19N5O2S. The topological polar surface area (TPSA) is 85.8 Å². The minimum Gasteiger partial charge on any atom is -0.467 e. The number of furan rings is 1. The highest BCUT2D eigenvalue weighted by molar-refractivity contribution is 8.00. The molecule has 1 N–H and O–H groups in total. The summed E-state index contributed by atoms with van der Waals surface area (Å²) in [6.45, 7) is 6.21. The molecule has 1 amide bonds. The van der Waals surface area contributed by atoms with Crippen LogP contribution in [0.2, 0.25) is 0 Å². The van der Waals surface area contributed by atoms with E-state index in [1.807, 2.05) is 45.0 Å². The molecule has 0 unspecified atom stereocenters. The molecule has 0 spiro atoms. The molecule has 25 heavy (non-hydrogen) atoms. The third kappa shape index (κ3) is 3.90. The van der Waals surface area contributed by atoms with Crippen LogP contribution in [0.1, 0.15) is 23.8 Å². The number of carbonyl (C=O) groups excluding carboxylic acids is 1. The van der Waals surface area contributed by atoms with Crippen molar-refractivity contribution < 1.29 is 9.21 Å². The summed E-state index contributed by atoms with van der Waals surface area (Å²) in [5.41, 5.74) is 3.09. The number of para-hydroxylation sites is 1. The SMILES string of the molecule is Cc1cccc(C)c1-n1nnnc1S[C@@H](C)C(=O)NCc1ccco1. The van der Waals surface area contributed by atoms with Crippen molar-refractivity contribution in [1.82, 2.24) is 25.5 Å². The highest BCUT2D eigenvalue weighted by atomic mass is 32.2. The van der Waals surface area contributed by atoms with E-state index < -0.39 is 0 Å². The van der Waals surface area contributed by atoms with Crippen LogP contribution in [-0.2, 0) is 11.3 Å². The smallest absolute Gasteiger partial charge is 0.233 e. The molecule has 0 radical (unpaired) electrons. The van der Waals surface area contributed by atoms with Gasteiger partial charge < -0.3 is 9.73 Å². The van der Waals surface area contributed by atoms with E-state index in [4.69, 9.17) is 4.42 Å². The third-order valence-electron chi connectivity index (χ3n) is 3.76. The molecule has 7 nitrogen and oxygen atoms in total. The summed E-state index contributed by atoms with van der Waals surface area (Å²) in [5, 5.41) is 15.0. The Hall–Kier alpha value is -2.61. The summed E-state index contributed by atoms with van der Waals surface area (Å²) in [5.74, 6) is 0.614. The molecule has 0 saturated carbocycles. The van der Waals surface area contributed by atoms with Crippen molar-refractivity contribution in [3.63, 3.8) is 0 Å². The summed E-state index contributed by atoms with van der Waals surface area (Å²) < 4.78 is 6.90. The molecule has 3 aromatic rings. The maximum Gasteiger partial charge on any atom is 0.233 e. The molecule has 0 aliphatic carbocycles. The highest BCUT2D eigenvalue weighted by Gasteiger charge is 2.20. The van der Waals surface area contributed by atoms with Gasteiger partial charge in [-0.2, -0.15) is 4.68 Å². The van der Waals surface area contributed by atoms with Crippen LogP contribution in [-0.4, -0.2) is 31.4 Å². The molecule has 2 heterocycles. The predicted molar refractivity (Wildman–Crippen MR) is 94.5 cm³/mol. The number of carbonyl (C=O) groups is 1. The number of tetrazole rings is 1. The second-order valence-electron chi connectivity index (χ2n) is 5.67. The monoisotopic (exact) mass is 357 g/mol. The van der Waals surface area contributed by atoms with Crippen LogP contribution in [0.4, 0.5) is 0 Å². The van der Waals surface area contributed by atoms with E-state index in [9.17, 15) is 4.79 Å². The summed E-state index contributed by atoms with van der Waals surface area (Å²) in [6.07, 6.45) is 1.58. The molecule has 0 aliphatic heterocycles. The lowest BCUT2D eigenvalue weighted by atomic mass is 10.1. The first kappa shape index (κ1) is 17.2. The first-order valence-corrected chi connectivity index (χ1v) is 8.76. The van der Waals surface area contributed by atoms with Crippen LogP contribution in [0.25, 0.3) is 5.69 Å². The number of aryl methyl sites for hydroxylation is 2. The van der Waals surface area contributed by atoms with E-state index >= 15 is 0 Å². The van der Waals surface area contributed by atoms with Crippen LogP contribution < -0.4 is 5.32 Å². The molecule has 0 saturated heterocycles. The Kier molecular flexibility index (Phi) is 5.18. The lowest BCUT2D eigenvalue weighted by molar-refractivity contribution is -0.120. The largest absolute Gasteiger partial charge is 0.467 e. The van der Waals surface area contributed by atoms with Gasteiger partial charge in [-0.3, -0.25) is 4.79 Å². The van der Waals surface area contributed by atoms with Crippen LogP contribution in [0.3, 0.4) is 0 Å². The van der Waals surface area contributed by atoms with Crippen molar-refractivity contribution >= 4 is 17.7 Å². The lowest BCUT2D eigenvalue weighted by Gasteiger charge is -2.13. The van der Waals surface area contributed by atoms with Gasteiger partial charge in [0, 0.05) is 0 Å². The summed E-state index contributed by atoms with van der Waals surface area (Å²) in [4.78, 5) is 12.3. The molecule has 0 fully saturated rings. The molecule has 130 valence electrons. The Morgan fingerprint density at radius 1 is 1.28 bits per heavy atom. The normalized spacial score (nSPS) is 12.1. The standard InChI is InChI=1S/C17H19N5O2S/c1-11-6-4-7-12(2)15(11)22-17(19-20-21-22)25-13(3)16(23)18-10-14-8-5-9-24-14/h4-9,13H,10H2,1-3H3,(H,18,23)/t13-/m0/s1. The van der Waals surface area contributed by atoms with Gasteiger partial charge >= 0.3 is 0 Å². The van der Waals surface area contributed by atoms with E-state index in [1.165, 1.54) is 11.8 Å². The van der Waals surface area contributed by atoms with Gasteiger partial charge in [0.2, 0.25) is 11.1 Å². The number of aromatic nitrogens is 4. The van der Waals surface area contributed by atoms with Crippen molar-refractivity contribution in [1.29, 1.82) is 0 Å². The summed E-state index contributed by atoms with van der Waals surface area (Å²) >= 11 is 1.32. The minimum absolute atomic E-state index is 0.0996. The number of nitrogens with zero attached hydrogens (tertiary/aromatic N) is 4. The molecule has 1 atom stereocenters. The van der Waals surface area contributed by atoms with E-state index in [0.29, 0.717) is 17.5 Å². The average Bonchev–Trinajstić information content (AvgIpc) is 3.25. The second kappa shape index (κ2) is 7.52. The molecule has 2 aromatic heterocycles. The van der Waals surface area contributed by atoms with Crippen molar-refractivity contribution in [2.75, 3.05) is 0 Å². The zero-order valence-electron chi connectivity index (χ0n) is 14.3. The molecule has 8 heteroatoms. The highest BCUT2D eigenvalue weighted by Crippen LogP contribution is 2.26. The van der Waals surface area contributed by atoms with Crippen LogP contribution in [0.15, 0.2) is 46.2 Å². The molecule has 3 rings (SSSR count). The van der Waals surface area contributed by atoms with Gasteiger partial charge in [0.15, 0.2) is 0 Å². The Bertz CT molecular complexity index is 840. The summed E-state index contributed by atoms with van der Waals surface area (Å²) in [6, 6.07) is 9.63. The first-order valence-electron chi connectivity index (χ1n) is 7.88. The van der Waals surface area contributed by atoms with Gasteiger partial charge in [-0.15, -0.1) is 5.10 Å². The Morgan fingerprint density at radius 2 is 2.04 bits per heavy atom. The number of benzene rings is 1. The number of amides is 1. The minimum atomic E-state index is -0.343. The molecule has 1 aromatic carbocycles. The fourth-order valence-electron chi connectivity index (χ4n) is 2.48. The van der Waals surface area contributed by atoms with Gasteiger partial charge in [0.05, 0.1) is 23.7 Å².